The van der Waals surface area contributed by atoms with Gasteiger partial charge in [0.15, 0.2) is 0 Å². The van der Waals surface area contributed by atoms with Gasteiger partial charge in [-0.2, -0.15) is 0 Å². The Morgan fingerprint density at radius 3 is 2.25 bits per heavy atom. The fraction of sp³-hybridized carbons (Fsp3) is 1.00. The minimum absolute atomic E-state index is 0.158. The lowest BCUT2D eigenvalue weighted by atomic mass is 9.65. The highest BCUT2D eigenvalue weighted by molar-refractivity contribution is 6.37. The number of hydrogen-bond acceptors (Lipinski definition) is 2. The maximum Gasteiger partial charge on any atom is 0.149 e. The Hall–Kier alpha value is -0.0151. The summed E-state index contributed by atoms with van der Waals surface area (Å²) >= 11 is 0. The predicted molar refractivity (Wildman–Crippen MR) is 35.8 cm³/mol. The van der Waals surface area contributed by atoms with Gasteiger partial charge in [0.2, 0.25) is 0 Å². The van der Waals surface area contributed by atoms with E-state index in [1.165, 1.54) is 0 Å². The third kappa shape index (κ3) is 3.05. The van der Waals surface area contributed by atoms with E-state index in [1.54, 1.807) is 0 Å². The Bertz CT molecular complexity index is 65.4. The van der Waals surface area contributed by atoms with Crippen LogP contribution in [0.15, 0.2) is 0 Å². The minimum atomic E-state index is -0.158. The summed E-state index contributed by atoms with van der Waals surface area (Å²) in [5.74, 6) is 0. The second-order valence-corrected chi connectivity index (χ2v) is 2.20. The molecule has 0 amide bonds. The quantitative estimate of drug-likeness (QED) is 0.426. The molecule has 0 aliphatic heterocycles. The molecule has 1 radical (unpaired) electrons. The van der Waals surface area contributed by atoms with E-state index in [1.807, 2.05) is 28.0 Å². The molecule has 0 aromatic heterocycles. The number of ether oxygens (including phenoxy) is 1. The Balaban J connectivity index is 3.37. The Kier molecular flexibility index (Phi) is 3.09. The van der Waals surface area contributed by atoms with Crippen molar-refractivity contribution in [3.05, 3.63) is 0 Å². The first-order valence-electron chi connectivity index (χ1n) is 2.77. The minimum Gasteiger partial charge on any atom is -0.370 e. The summed E-state index contributed by atoms with van der Waals surface area (Å²) in [4.78, 5) is 0. The van der Waals surface area contributed by atoms with E-state index < -0.39 is 0 Å². The normalized spacial score (nSPS) is 11.5. The molecule has 0 aliphatic rings. The number of rotatable bonds is 3. The molecular weight excluding hydrogens is 101 g/mol. The highest BCUT2D eigenvalue weighted by atomic mass is 16.5. The molecule has 0 rings (SSSR count). The van der Waals surface area contributed by atoms with Crippen LogP contribution in [0.3, 0.4) is 0 Å². The maximum absolute atomic E-state index is 5.15. The summed E-state index contributed by atoms with van der Waals surface area (Å²) < 4.78 is 5.10. The van der Waals surface area contributed by atoms with Crippen LogP contribution in [0.2, 0.25) is 6.82 Å². The van der Waals surface area contributed by atoms with Crippen molar-refractivity contribution >= 4 is 7.28 Å². The smallest absolute Gasteiger partial charge is 0.149 e. The molecule has 47 valence electrons. The first-order chi connectivity index (χ1) is 3.62. The summed E-state index contributed by atoms with van der Waals surface area (Å²) in [5, 5.41) is 0. The zero-order valence-electron chi connectivity index (χ0n) is 5.77. The van der Waals surface area contributed by atoms with Gasteiger partial charge in [-0.1, -0.05) is 6.82 Å². The van der Waals surface area contributed by atoms with Crippen LogP contribution in [-0.2, 0) is 4.74 Å². The second kappa shape index (κ2) is 3.10. The van der Waals surface area contributed by atoms with Crippen LogP contribution >= 0.6 is 0 Å². The van der Waals surface area contributed by atoms with Crippen molar-refractivity contribution in [1.29, 1.82) is 0 Å². The van der Waals surface area contributed by atoms with Gasteiger partial charge < -0.3 is 10.5 Å². The predicted octanol–water partition coefficient (Wildman–Crippen LogP) is 0.408. The van der Waals surface area contributed by atoms with Crippen molar-refractivity contribution in [3.63, 3.8) is 0 Å². The topological polar surface area (TPSA) is 35.2 Å². The first-order valence-corrected chi connectivity index (χ1v) is 2.77. The molecule has 0 unspecified atom stereocenters. The molecule has 0 aromatic rings. The van der Waals surface area contributed by atoms with Crippen LogP contribution in [0.1, 0.15) is 13.8 Å². The van der Waals surface area contributed by atoms with Crippen LogP contribution < -0.4 is 5.73 Å². The van der Waals surface area contributed by atoms with Crippen molar-refractivity contribution in [2.75, 3.05) is 6.73 Å². The summed E-state index contributed by atoms with van der Waals surface area (Å²) in [5.41, 5.74) is 4.99. The van der Waals surface area contributed by atoms with Gasteiger partial charge in [-0.25, -0.2) is 0 Å². The molecule has 2 N–H and O–H groups in total. The fourth-order valence-corrected chi connectivity index (χ4v) is 0.298. The molecule has 0 spiro atoms. The van der Waals surface area contributed by atoms with E-state index in [2.05, 4.69) is 0 Å². The summed E-state index contributed by atoms with van der Waals surface area (Å²) in [6.45, 7) is 6.19. The standard InChI is InChI=1S/C5H13BNO/c1-5(2,6-3)8-4-7/h4,7H2,1-3H3. The van der Waals surface area contributed by atoms with E-state index in [-0.39, 0.29) is 12.2 Å². The van der Waals surface area contributed by atoms with Crippen molar-refractivity contribution in [2.45, 2.75) is 26.2 Å². The van der Waals surface area contributed by atoms with Gasteiger partial charge >= 0.3 is 0 Å². The highest BCUT2D eigenvalue weighted by Gasteiger charge is 2.14. The highest BCUT2D eigenvalue weighted by Crippen LogP contribution is 2.03. The second-order valence-electron chi connectivity index (χ2n) is 2.20. The van der Waals surface area contributed by atoms with E-state index in [0.717, 1.165) is 0 Å². The van der Waals surface area contributed by atoms with Gasteiger partial charge in [-0.05, 0) is 13.8 Å². The molecule has 0 saturated carbocycles. The van der Waals surface area contributed by atoms with Crippen LogP contribution in [-0.4, -0.2) is 19.5 Å². The van der Waals surface area contributed by atoms with Gasteiger partial charge in [0, 0.05) is 5.50 Å². The zero-order chi connectivity index (χ0) is 6.62. The summed E-state index contributed by atoms with van der Waals surface area (Å²) in [7, 11) is 1.97. The van der Waals surface area contributed by atoms with Crippen LogP contribution in [0, 0.1) is 0 Å². The molecular formula is C5H13BNO. The van der Waals surface area contributed by atoms with Crippen molar-refractivity contribution in [2.24, 2.45) is 5.73 Å². The van der Waals surface area contributed by atoms with Gasteiger partial charge in [-0.15, -0.1) is 0 Å². The largest absolute Gasteiger partial charge is 0.370 e. The van der Waals surface area contributed by atoms with Crippen molar-refractivity contribution in [3.8, 4) is 0 Å². The average molecular weight is 114 g/mol. The molecule has 3 heteroatoms. The lowest BCUT2D eigenvalue weighted by Gasteiger charge is -2.21. The Labute approximate surface area is 51.6 Å². The molecule has 2 nitrogen and oxygen atoms in total. The maximum atomic E-state index is 5.15. The van der Waals surface area contributed by atoms with Gasteiger partial charge in [-0.3, -0.25) is 0 Å². The number of nitrogens with two attached hydrogens (primary N) is 1. The van der Waals surface area contributed by atoms with E-state index >= 15 is 0 Å². The van der Waals surface area contributed by atoms with Gasteiger partial charge in [0.25, 0.3) is 0 Å². The molecule has 0 atom stereocenters. The molecule has 8 heavy (non-hydrogen) atoms. The number of hydrogen-bond donors (Lipinski definition) is 1. The lowest BCUT2D eigenvalue weighted by molar-refractivity contribution is 0.0480. The van der Waals surface area contributed by atoms with E-state index in [9.17, 15) is 0 Å². The monoisotopic (exact) mass is 114 g/mol. The van der Waals surface area contributed by atoms with E-state index in [0.29, 0.717) is 0 Å². The molecule has 0 saturated heterocycles. The molecule has 0 aromatic carbocycles. The first kappa shape index (κ1) is 7.98. The molecule has 0 fully saturated rings. The molecule has 0 bridgehead atoms. The van der Waals surface area contributed by atoms with Crippen molar-refractivity contribution in [1.82, 2.24) is 0 Å². The third-order valence-electron chi connectivity index (χ3n) is 1.15. The SMILES string of the molecule is C[B]C(C)(C)OCN. The van der Waals surface area contributed by atoms with Crippen molar-refractivity contribution < 1.29 is 4.74 Å². The fourth-order valence-electron chi connectivity index (χ4n) is 0.298. The summed E-state index contributed by atoms with van der Waals surface area (Å²) in [6, 6.07) is 0. The zero-order valence-corrected chi connectivity index (χ0v) is 5.77. The van der Waals surface area contributed by atoms with Gasteiger partial charge in [0.05, 0.1) is 6.73 Å². The van der Waals surface area contributed by atoms with Crippen LogP contribution in [0.4, 0.5) is 0 Å². The van der Waals surface area contributed by atoms with Crippen LogP contribution in [0.5, 0.6) is 0 Å². The van der Waals surface area contributed by atoms with E-state index in [4.69, 9.17) is 10.5 Å². The van der Waals surface area contributed by atoms with Crippen LogP contribution in [0.25, 0.3) is 0 Å². The molecule has 0 heterocycles. The summed E-state index contributed by atoms with van der Waals surface area (Å²) in [6.07, 6.45) is 0. The molecule has 0 aliphatic carbocycles. The van der Waals surface area contributed by atoms with Gasteiger partial charge in [0.1, 0.15) is 7.28 Å². The Morgan fingerprint density at radius 1 is 1.62 bits per heavy atom. The third-order valence-corrected chi connectivity index (χ3v) is 1.15. The Morgan fingerprint density at radius 2 is 2.12 bits per heavy atom. The average Bonchev–Trinajstić information content (AvgIpc) is 1.67. The lowest BCUT2D eigenvalue weighted by Crippen LogP contribution is -2.32.